The predicted molar refractivity (Wildman–Crippen MR) is 72.2 cm³/mol. The number of nitrogens with zero attached hydrogens (tertiary/aromatic N) is 1. The quantitative estimate of drug-likeness (QED) is 0.769. The molecule has 5 nitrogen and oxygen atoms in total. The summed E-state index contributed by atoms with van der Waals surface area (Å²) in [5.74, 6) is -1.43. The average Bonchev–Trinajstić information content (AvgIpc) is 2.71. The second-order valence-electron chi connectivity index (χ2n) is 4.21. The third-order valence-electron chi connectivity index (χ3n) is 2.92. The minimum Gasteiger partial charge on any atom is -0.480 e. The van der Waals surface area contributed by atoms with E-state index in [4.69, 9.17) is 5.11 Å². The van der Waals surface area contributed by atoms with Crippen LogP contribution >= 0.6 is 22.6 Å². The number of amides is 1. The molecule has 0 bridgehead atoms. The van der Waals surface area contributed by atoms with E-state index in [1.54, 1.807) is 24.3 Å². The Morgan fingerprint density at radius 1 is 1.28 bits per heavy atom. The summed E-state index contributed by atoms with van der Waals surface area (Å²) in [5.41, 5.74) is 0.441. The smallest absolute Gasteiger partial charge is 0.326 e. The molecule has 1 amide bonds. The van der Waals surface area contributed by atoms with Crippen LogP contribution in [0, 0.1) is 3.57 Å². The molecule has 0 unspecified atom stereocenters. The van der Waals surface area contributed by atoms with Crippen LogP contribution in [-0.4, -0.2) is 45.7 Å². The first-order valence-corrected chi connectivity index (χ1v) is 6.54. The summed E-state index contributed by atoms with van der Waals surface area (Å²) >= 11 is 2.13. The lowest BCUT2D eigenvalue weighted by Gasteiger charge is -2.21. The highest BCUT2D eigenvalue weighted by molar-refractivity contribution is 14.1. The van der Waals surface area contributed by atoms with Crippen molar-refractivity contribution < 1.29 is 19.8 Å². The van der Waals surface area contributed by atoms with E-state index in [-0.39, 0.29) is 18.9 Å². The summed E-state index contributed by atoms with van der Waals surface area (Å²) in [6, 6.07) is 5.96. The number of carboxylic acids is 1. The molecule has 1 saturated heterocycles. The summed E-state index contributed by atoms with van der Waals surface area (Å²) in [7, 11) is 0. The van der Waals surface area contributed by atoms with Crippen LogP contribution in [-0.2, 0) is 4.79 Å². The van der Waals surface area contributed by atoms with Gasteiger partial charge in [0.15, 0.2) is 0 Å². The second kappa shape index (κ2) is 5.23. The minimum absolute atomic E-state index is 0.0712. The lowest BCUT2D eigenvalue weighted by molar-refractivity contribution is -0.141. The summed E-state index contributed by atoms with van der Waals surface area (Å²) < 4.78 is 1.00. The van der Waals surface area contributed by atoms with E-state index in [1.165, 1.54) is 4.90 Å². The summed E-state index contributed by atoms with van der Waals surface area (Å²) in [6.07, 6.45) is -0.676. The van der Waals surface area contributed by atoms with Gasteiger partial charge in [0.1, 0.15) is 6.04 Å². The number of carboxylic acid groups (broad SMARTS) is 1. The third kappa shape index (κ3) is 2.64. The van der Waals surface area contributed by atoms with Gasteiger partial charge in [-0.1, -0.05) is 0 Å². The molecule has 1 fully saturated rings. The van der Waals surface area contributed by atoms with Crippen molar-refractivity contribution in [3.63, 3.8) is 0 Å². The molecular weight excluding hydrogens is 349 g/mol. The fraction of sp³-hybridized carbons (Fsp3) is 0.333. The number of β-amino-alcohol motifs (C(OH)–C–C–N with tert-alkyl or cyclic N) is 1. The van der Waals surface area contributed by atoms with Crippen molar-refractivity contribution in [2.45, 2.75) is 18.6 Å². The topological polar surface area (TPSA) is 77.8 Å². The zero-order valence-corrected chi connectivity index (χ0v) is 11.6. The Hall–Kier alpha value is -1.15. The van der Waals surface area contributed by atoms with E-state index in [0.29, 0.717) is 5.56 Å². The Morgan fingerprint density at radius 3 is 2.44 bits per heavy atom. The van der Waals surface area contributed by atoms with E-state index < -0.39 is 18.1 Å². The molecule has 96 valence electrons. The standard InChI is InChI=1S/C12H12INO4/c13-8-3-1-7(2-4-8)11(16)14-6-9(15)5-10(14)12(17)18/h1-4,9-10,15H,5-6H2,(H,17,18)/t9-,10+/m1/s1. The Labute approximate surface area is 118 Å². The van der Waals surface area contributed by atoms with Crippen molar-refractivity contribution >= 4 is 34.5 Å². The molecule has 1 heterocycles. The van der Waals surface area contributed by atoms with E-state index in [9.17, 15) is 14.7 Å². The SMILES string of the molecule is O=C(O)[C@@H]1C[C@@H](O)CN1C(=O)c1ccc(I)cc1. The first kappa shape index (κ1) is 13.3. The number of aliphatic carboxylic acids is 1. The van der Waals surface area contributed by atoms with Crippen LogP contribution < -0.4 is 0 Å². The van der Waals surface area contributed by atoms with Crippen LogP contribution in [0.5, 0.6) is 0 Å². The normalized spacial score (nSPS) is 23.1. The van der Waals surface area contributed by atoms with E-state index in [0.717, 1.165) is 3.57 Å². The molecule has 6 heteroatoms. The minimum atomic E-state index is -1.08. The van der Waals surface area contributed by atoms with Crippen molar-refractivity contribution in [1.82, 2.24) is 4.90 Å². The van der Waals surface area contributed by atoms with Gasteiger partial charge in [0.2, 0.25) is 0 Å². The average molecular weight is 361 g/mol. The van der Waals surface area contributed by atoms with Gasteiger partial charge in [-0.3, -0.25) is 4.79 Å². The monoisotopic (exact) mass is 361 g/mol. The first-order valence-electron chi connectivity index (χ1n) is 5.46. The fourth-order valence-electron chi connectivity index (χ4n) is 2.03. The van der Waals surface area contributed by atoms with Crippen LogP contribution in [0.25, 0.3) is 0 Å². The van der Waals surface area contributed by atoms with Gasteiger partial charge in [-0.15, -0.1) is 0 Å². The number of aliphatic hydroxyl groups excluding tert-OH is 1. The Balaban J connectivity index is 2.22. The van der Waals surface area contributed by atoms with Crippen molar-refractivity contribution in [2.75, 3.05) is 6.54 Å². The molecule has 18 heavy (non-hydrogen) atoms. The highest BCUT2D eigenvalue weighted by Gasteiger charge is 2.39. The maximum atomic E-state index is 12.2. The molecule has 2 N–H and O–H groups in total. The van der Waals surface area contributed by atoms with Gasteiger partial charge >= 0.3 is 5.97 Å². The molecule has 0 aliphatic carbocycles. The molecule has 1 aliphatic rings. The Morgan fingerprint density at radius 2 is 1.89 bits per heavy atom. The Bertz CT molecular complexity index is 473. The molecular formula is C12H12INO4. The predicted octanol–water partition coefficient (Wildman–Crippen LogP) is 0.951. The highest BCUT2D eigenvalue weighted by Crippen LogP contribution is 2.21. The lowest BCUT2D eigenvalue weighted by Crippen LogP contribution is -2.40. The third-order valence-corrected chi connectivity index (χ3v) is 3.64. The molecule has 2 atom stereocenters. The van der Waals surface area contributed by atoms with Crippen LogP contribution in [0.1, 0.15) is 16.8 Å². The van der Waals surface area contributed by atoms with E-state index in [1.807, 2.05) is 0 Å². The van der Waals surface area contributed by atoms with Gasteiger partial charge < -0.3 is 15.1 Å². The molecule has 2 rings (SSSR count). The summed E-state index contributed by atoms with van der Waals surface area (Å²) in [4.78, 5) is 24.4. The van der Waals surface area contributed by atoms with Crippen molar-refractivity contribution in [2.24, 2.45) is 0 Å². The molecule has 0 aromatic heterocycles. The van der Waals surface area contributed by atoms with Crippen LogP contribution in [0.4, 0.5) is 0 Å². The van der Waals surface area contributed by atoms with Gasteiger partial charge in [-0.05, 0) is 46.9 Å². The van der Waals surface area contributed by atoms with Crippen molar-refractivity contribution in [3.8, 4) is 0 Å². The maximum Gasteiger partial charge on any atom is 0.326 e. The molecule has 0 spiro atoms. The summed E-state index contributed by atoms with van der Waals surface area (Å²) in [6.45, 7) is 0.0712. The van der Waals surface area contributed by atoms with Gasteiger partial charge in [0.25, 0.3) is 5.91 Å². The molecule has 0 saturated carbocycles. The van der Waals surface area contributed by atoms with Gasteiger partial charge in [-0.25, -0.2) is 4.79 Å². The summed E-state index contributed by atoms with van der Waals surface area (Å²) in [5, 5.41) is 18.5. The van der Waals surface area contributed by atoms with Crippen LogP contribution in [0.3, 0.4) is 0 Å². The first-order chi connectivity index (χ1) is 8.49. The maximum absolute atomic E-state index is 12.2. The van der Waals surface area contributed by atoms with Gasteiger partial charge in [0, 0.05) is 22.1 Å². The fourth-order valence-corrected chi connectivity index (χ4v) is 2.39. The number of likely N-dealkylation sites (tertiary alicyclic amines) is 1. The zero-order chi connectivity index (χ0) is 13.3. The molecule has 1 aliphatic heterocycles. The number of aliphatic hydroxyl groups is 1. The number of hydrogen-bond donors (Lipinski definition) is 2. The highest BCUT2D eigenvalue weighted by atomic mass is 127. The second-order valence-corrected chi connectivity index (χ2v) is 5.45. The number of halogens is 1. The Kier molecular flexibility index (Phi) is 3.86. The van der Waals surface area contributed by atoms with Crippen molar-refractivity contribution in [3.05, 3.63) is 33.4 Å². The number of carbonyl (C=O) groups excluding carboxylic acids is 1. The molecule has 1 aromatic rings. The van der Waals surface area contributed by atoms with Crippen LogP contribution in [0.15, 0.2) is 24.3 Å². The van der Waals surface area contributed by atoms with Gasteiger partial charge in [-0.2, -0.15) is 0 Å². The van der Waals surface area contributed by atoms with E-state index in [2.05, 4.69) is 22.6 Å². The molecule has 0 radical (unpaired) electrons. The lowest BCUT2D eigenvalue weighted by atomic mass is 10.1. The number of carbonyl (C=O) groups is 2. The van der Waals surface area contributed by atoms with E-state index >= 15 is 0 Å². The number of benzene rings is 1. The largest absolute Gasteiger partial charge is 0.480 e. The van der Waals surface area contributed by atoms with Crippen molar-refractivity contribution in [1.29, 1.82) is 0 Å². The number of hydrogen-bond acceptors (Lipinski definition) is 3. The van der Waals surface area contributed by atoms with Crippen LogP contribution in [0.2, 0.25) is 0 Å². The zero-order valence-electron chi connectivity index (χ0n) is 9.41. The molecule has 1 aromatic carbocycles. The van der Waals surface area contributed by atoms with Gasteiger partial charge in [0.05, 0.1) is 6.10 Å². The number of rotatable bonds is 2.